The number of anilines is 1. The maximum absolute atomic E-state index is 11.9. The van der Waals surface area contributed by atoms with Crippen LogP contribution in [-0.4, -0.2) is 34.9 Å². The van der Waals surface area contributed by atoms with E-state index < -0.39 is 0 Å². The van der Waals surface area contributed by atoms with E-state index in [9.17, 15) is 4.79 Å². The van der Waals surface area contributed by atoms with Gasteiger partial charge in [-0.25, -0.2) is 4.98 Å². The van der Waals surface area contributed by atoms with Crippen LogP contribution < -0.4 is 10.9 Å². The number of nitrogens with one attached hydrogen (secondary N) is 1. The van der Waals surface area contributed by atoms with Crippen molar-refractivity contribution >= 4 is 21.4 Å². The molecule has 6 nitrogen and oxygen atoms in total. The number of aromatic nitrogens is 3. The maximum atomic E-state index is 11.9. The third-order valence-corrected chi connectivity index (χ3v) is 4.23. The van der Waals surface area contributed by atoms with Gasteiger partial charge in [-0.1, -0.05) is 32.1 Å². The summed E-state index contributed by atoms with van der Waals surface area (Å²) in [5, 5.41) is 8.31. The fourth-order valence-corrected chi connectivity index (χ4v) is 2.71. The van der Waals surface area contributed by atoms with E-state index in [1.165, 1.54) is 15.9 Å². The van der Waals surface area contributed by atoms with Crippen molar-refractivity contribution in [2.24, 2.45) is 5.41 Å². The molecule has 0 aliphatic rings. The van der Waals surface area contributed by atoms with Crippen molar-refractivity contribution in [3.8, 4) is 0 Å². The Labute approximate surface area is 128 Å². The Morgan fingerprint density at radius 3 is 2.90 bits per heavy atom. The van der Waals surface area contributed by atoms with Crippen LogP contribution >= 0.6 is 11.3 Å². The second-order valence-corrected chi connectivity index (χ2v) is 6.76. The van der Waals surface area contributed by atoms with E-state index >= 15 is 0 Å². The molecule has 0 spiro atoms. The van der Waals surface area contributed by atoms with E-state index in [2.05, 4.69) is 29.2 Å². The lowest BCUT2D eigenvalue weighted by molar-refractivity contribution is 0.157. The SMILES string of the molecule is CCc1cc(=O)n2nc(NCC(C)(C)CCOC)sc2n1. The average molecular weight is 310 g/mol. The van der Waals surface area contributed by atoms with Gasteiger partial charge in [-0.05, 0) is 18.3 Å². The van der Waals surface area contributed by atoms with Crippen LogP contribution in [0.1, 0.15) is 32.9 Å². The van der Waals surface area contributed by atoms with Crippen LogP contribution in [0.3, 0.4) is 0 Å². The molecule has 0 saturated carbocycles. The minimum atomic E-state index is -0.125. The first kappa shape index (κ1) is 15.9. The lowest BCUT2D eigenvalue weighted by Crippen LogP contribution is -2.24. The highest BCUT2D eigenvalue weighted by atomic mass is 32.1. The molecule has 7 heteroatoms. The summed E-state index contributed by atoms with van der Waals surface area (Å²) in [5.74, 6) is 0. The van der Waals surface area contributed by atoms with Gasteiger partial charge in [0.05, 0.1) is 0 Å². The van der Waals surface area contributed by atoms with Gasteiger partial charge in [-0.2, -0.15) is 4.52 Å². The standard InChI is InChI=1S/C14H22N4O2S/c1-5-10-8-11(19)18-13(16-10)21-12(17-18)15-9-14(2,3)6-7-20-4/h8H,5-7,9H2,1-4H3,(H,15,17). The number of ether oxygens (including phenoxy) is 1. The van der Waals surface area contributed by atoms with Gasteiger partial charge in [0.15, 0.2) is 0 Å². The zero-order chi connectivity index (χ0) is 15.5. The number of hydrogen-bond acceptors (Lipinski definition) is 6. The van der Waals surface area contributed by atoms with Crippen LogP contribution in [0.25, 0.3) is 4.96 Å². The molecule has 21 heavy (non-hydrogen) atoms. The largest absolute Gasteiger partial charge is 0.385 e. The number of nitrogens with zero attached hydrogens (tertiary/aromatic N) is 3. The van der Waals surface area contributed by atoms with Gasteiger partial charge in [0.2, 0.25) is 10.1 Å². The molecule has 1 N–H and O–H groups in total. The van der Waals surface area contributed by atoms with E-state index in [0.29, 0.717) is 4.96 Å². The topological polar surface area (TPSA) is 68.5 Å². The third kappa shape index (κ3) is 4.01. The molecule has 0 saturated heterocycles. The predicted molar refractivity (Wildman–Crippen MR) is 85.3 cm³/mol. The molecule has 0 fully saturated rings. The summed E-state index contributed by atoms with van der Waals surface area (Å²) in [7, 11) is 1.71. The van der Waals surface area contributed by atoms with Gasteiger partial charge in [-0.3, -0.25) is 4.79 Å². The number of hydrogen-bond donors (Lipinski definition) is 1. The van der Waals surface area contributed by atoms with Crippen molar-refractivity contribution < 1.29 is 4.74 Å². The molecule has 0 aliphatic carbocycles. The first-order valence-corrected chi connectivity index (χ1v) is 7.89. The Hall–Kier alpha value is -1.47. The Morgan fingerprint density at radius 2 is 2.24 bits per heavy atom. The minimum Gasteiger partial charge on any atom is -0.385 e. The summed E-state index contributed by atoms with van der Waals surface area (Å²) in [6.07, 6.45) is 1.70. The summed E-state index contributed by atoms with van der Waals surface area (Å²) >= 11 is 1.40. The van der Waals surface area contributed by atoms with Crippen molar-refractivity contribution in [3.63, 3.8) is 0 Å². The molecule has 2 aromatic heterocycles. The Bertz CT molecular complexity index is 663. The lowest BCUT2D eigenvalue weighted by atomic mass is 9.90. The van der Waals surface area contributed by atoms with Crippen LogP contribution in [0.4, 0.5) is 5.13 Å². The van der Waals surface area contributed by atoms with Crippen LogP contribution in [0.2, 0.25) is 0 Å². The Kier molecular flexibility index (Phi) is 4.95. The predicted octanol–water partition coefficient (Wildman–Crippen LogP) is 2.19. The highest BCUT2D eigenvalue weighted by Crippen LogP contribution is 2.23. The zero-order valence-corrected chi connectivity index (χ0v) is 13.8. The van der Waals surface area contributed by atoms with Gasteiger partial charge in [0.25, 0.3) is 5.56 Å². The fraction of sp³-hybridized carbons (Fsp3) is 0.643. The molecule has 116 valence electrons. The van der Waals surface area contributed by atoms with Crippen molar-refractivity contribution in [1.29, 1.82) is 0 Å². The van der Waals surface area contributed by atoms with Gasteiger partial charge >= 0.3 is 0 Å². The molecule has 0 aromatic carbocycles. The zero-order valence-electron chi connectivity index (χ0n) is 13.0. The summed E-state index contributed by atoms with van der Waals surface area (Å²) in [6.45, 7) is 7.83. The van der Waals surface area contributed by atoms with E-state index in [4.69, 9.17) is 4.74 Å². The molecule has 2 rings (SSSR count). The minimum absolute atomic E-state index is 0.0980. The average Bonchev–Trinajstić information content (AvgIpc) is 2.87. The first-order chi connectivity index (χ1) is 9.95. The lowest BCUT2D eigenvalue weighted by Gasteiger charge is -2.24. The van der Waals surface area contributed by atoms with Crippen LogP contribution in [0.5, 0.6) is 0 Å². The quantitative estimate of drug-likeness (QED) is 0.849. The maximum Gasteiger partial charge on any atom is 0.275 e. The Morgan fingerprint density at radius 1 is 1.48 bits per heavy atom. The van der Waals surface area contributed by atoms with E-state index in [1.807, 2.05) is 6.92 Å². The summed E-state index contributed by atoms with van der Waals surface area (Å²) in [5.41, 5.74) is 0.774. The number of fused-ring (bicyclic) bond motifs is 1. The number of methoxy groups -OCH3 is 1. The van der Waals surface area contributed by atoms with Crippen molar-refractivity contribution in [2.45, 2.75) is 33.6 Å². The molecule has 0 bridgehead atoms. The normalized spacial score (nSPS) is 12.0. The summed E-state index contributed by atoms with van der Waals surface area (Å²) in [4.78, 5) is 17.0. The molecule has 0 amide bonds. The van der Waals surface area contributed by atoms with Gasteiger partial charge in [0.1, 0.15) is 0 Å². The van der Waals surface area contributed by atoms with E-state index in [0.717, 1.165) is 36.8 Å². The molecule has 2 heterocycles. The van der Waals surface area contributed by atoms with Crippen LogP contribution in [0, 0.1) is 5.41 Å². The second-order valence-electron chi connectivity index (χ2n) is 5.80. The molecule has 0 atom stereocenters. The Balaban J connectivity index is 2.13. The number of rotatable bonds is 7. The van der Waals surface area contributed by atoms with Crippen LogP contribution in [-0.2, 0) is 11.2 Å². The first-order valence-electron chi connectivity index (χ1n) is 7.08. The molecule has 2 aromatic rings. The monoisotopic (exact) mass is 310 g/mol. The van der Waals surface area contributed by atoms with E-state index in [1.54, 1.807) is 13.2 Å². The van der Waals surface area contributed by atoms with Gasteiger partial charge in [0, 0.05) is 32.0 Å². The second kappa shape index (κ2) is 6.53. The molecule has 0 unspecified atom stereocenters. The smallest absolute Gasteiger partial charge is 0.275 e. The molecular weight excluding hydrogens is 288 g/mol. The highest BCUT2D eigenvalue weighted by Gasteiger charge is 2.18. The molecular formula is C14H22N4O2S. The fourth-order valence-electron chi connectivity index (χ4n) is 1.89. The van der Waals surface area contributed by atoms with Crippen molar-refractivity contribution in [1.82, 2.24) is 14.6 Å². The highest BCUT2D eigenvalue weighted by molar-refractivity contribution is 7.20. The summed E-state index contributed by atoms with van der Waals surface area (Å²) in [6, 6.07) is 1.54. The number of aryl methyl sites for hydroxylation is 1. The van der Waals surface area contributed by atoms with E-state index in [-0.39, 0.29) is 11.0 Å². The third-order valence-electron chi connectivity index (χ3n) is 3.36. The van der Waals surface area contributed by atoms with Crippen molar-refractivity contribution in [2.75, 3.05) is 25.6 Å². The molecule has 0 aliphatic heterocycles. The van der Waals surface area contributed by atoms with Crippen LogP contribution in [0.15, 0.2) is 10.9 Å². The van der Waals surface area contributed by atoms with Gasteiger partial charge in [-0.15, -0.1) is 5.10 Å². The van der Waals surface area contributed by atoms with Gasteiger partial charge < -0.3 is 10.1 Å². The summed E-state index contributed by atoms with van der Waals surface area (Å²) < 4.78 is 6.48. The van der Waals surface area contributed by atoms with Crippen molar-refractivity contribution in [3.05, 3.63) is 22.1 Å². The molecule has 0 radical (unpaired) electrons.